The maximum Gasteiger partial charge on any atom is 0.306 e. The lowest BCUT2D eigenvalue weighted by Crippen LogP contribution is -2.32. The maximum atomic E-state index is 11.9. The molecule has 0 heterocycles. The quantitative estimate of drug-likeness (QED) is 0.385. The molecule has 0 unspecified atom stereocenters. The largest absolute Gasteiger partial charge is 0.494 e. The molecule has 0 aliphatic heterocycles. The van der Waals surface area contributed by atoms with Crippen LogP contribution in [-0.4, -0.2) is 52.5 Å². The highest BCUT2D eigenvalue weighted by Gasteiger charge is 2.10. The van der Waals surface area contributed by atoms with Gasteiger partial charge in [0.05, 0.1) is 27.4 Å². The predicted octanol–water partition coefficient (Wildman–Crippen LogP) is 2.77. The first kappa shape index (κ1) is 23.9. The number of ether oxygens (including phenoxy) is 5. The molecule has 0 radical (unpaired) electrons. The number of aryl methyl sites for hydroxylation is 1. The van der Waals surface area contributed by atoms with Gasteiger partial charge in [0.1, 0.15) is 18.1 Å². The van der Waals surface area contributed by atoms with Gasteiger partial charge in [0.25, 0.3) is 5.91 Å². The van der Waals surface area contributed by atoms with Crippen molar-refractivity contribution in [3.05, 3.63) is 48.0 Å². The van der Waals surface area contributed by atoms with E-state index < -0.39 is 5.97 Å². The van der Waals surface area contributed by atoms with Crippen molar-refractivity contribution < 1.29 is 33.3 Å². The number of rotatable bonds is 13. The second-order valence-electron chi connectivity index (χ2n) is 6.45. The van der Waals surface area contributed by atoms with Gasteiger partial charge in [0.15, 0.2) is 18.1 Å². The zero-order chi connectivity index (χ0) is 22.5. The molecule has 1 N–H and O–H groups in total. The fourth-order valence-corrected chi connectivity index (χ4v) is 2.71. The summed E-state index contributed by atoms with van der Waals surface area (Å²) in [5, 5.41) is 2.65. The third-order valence-electron chi connectivity index (χ3n) is 4.26. The molecule has 0 atom stereocenters. The average molecular weight is 431 g/mol. The Morgan fingerprint density at radius 2 is 1.58 bits per heavy atom. The Hall–Kier alpha value is -3.42. The zero-order valence-corrected chi connectivity index (χ0v) is 18.1. The highest BCUT2D eigenvalue weighted by Crippen LogP contribution is 2.28. The smallest absolute Gasteiger partial charge is 0.306 e. The van der Waals surface area contributed by atoms with Crippen LogP contribution in [-0.2, 0) is 20.7 Å². The van der Waals surface area contributed by atoms with Crippen LogP contribution in [0.25, 0.3) is 0 Å². The van der Waals surface area contributed by atoms with Gasteiger partial charge in [0, 0.05) is 6.42 Å². The molecule has 8 heteroatoms. The first-order valence-electron chi connectivity index (χ1n) is 10.0. The van der Waals surface area contributed by atoms with Crippen molar-refractivity contribution in [1.29, 1.82) is 0 Å². The van der Waals surface area contributed by atoms with Gasteiger partial charge in [-0.1, -0.05) is 6.07 Å². The van der Waals surface area contributed by atoms with Crippen molar-refractivity contribution in [3.63, 3.8) is 0 Å². The number of carbonyl (C=O) groups excluding carboxylic acids is 2. The maximum absolute atomic E-state index is 11.9. The molecule has 0 aromatic heterocycles. The summed E-state index contributed by atoms with van der Waals surface area (Å²) in [6.45, 7) is 2.80. The molecule has 8 nitrogen and oxygen atoms in total. The lowest BCUT2D eigenvalue weighted by Gasteiger charge is -2.10. The second kappa shape index (κ2) is 13.0. The number of benzene rings is 2. The van der Waals surface area contributed by atoms with Gasteiger partial charge in [-0.3, -0.25) is 9.59 Å². The Balaban J connectivity index is 1.60. The molecular weight excluding hydrogens is 402 g/mol. The molecule has 2 rings (SSSR count). The van der Waals surface area contributed by atoms with Crippen LogP contribution in [0.2, 0.25) is 0 Å². The van der Waals surface area contributed by atoms with Crippen molar-refractivity contribution in [3.8, 4) is 23.0 Å². The molecule has 0 saturated heterocycles. The number of amides is 1. The lowest BCUT2D eigenvalue weighted by molar-refractivity contribution is -0.148. The van der Waals surface area contributed by atoms with Crippen LogP contribution in [0.15, 0.2) is 42.5 Å². The van der Waals surface area contributed by atoms with Gasteiger partial charge in [-0.25, -0.2) is 0 Å². The van der Waals surface area contributed by atoms with E-state index in [1.54, 1.807) is 32.4 Å². The molecule has 0 bridgehead atoms. The standard InChI is InChI=1S/C23H29NO7/c1-4-29-18-7-9-19(10-8-18)30-14-13-24-22(25)16-31-23(26)12-6-17-5-11-20(27-2)21(15-17)28-3/h5,7-11,15H,4,6,12-14,16H2,1-3H3,(H,24,25). The molecule has 0 aliphatic carbocycles. The van der Waals surface area contributed by atoms with Crippen LogP contribution in [0.3, 0.4) is 0 Å². The number of hydrogen-bond acceptors (Lipinski definition) is 7. The molecule has 1 amide bonds. The van der Waals surface area contributed by atoms with E-state index in [2.05, 4.69) is 5.32 Å². The van der Waals surface area contributed by atoms with Crippen LogP contribution < -0.4 is 24.3 Å². The third kappa shape index (κ3) is 8.46. The van der Waals surface area contributed by atoms with Gasteiger partial charge in [-0.15, -0.1) is 0 Å². The first-order chi connectivity index (χ1) is 15.0. The first-order valence-corrected chi connectivity index (χ1v) is 10.0. The predicted molar refractivity (Wildman–Crippen MR) is 115 cm³/mol. The summed E-state index contributed by atoms with van der Waals surface area (Å²) >= 11 is 0. The molecule has 0 fully saturated rings. The van der Waals surface area contributed by atoms with E-state index in [-0.39, 0.29) is 18.9 Å². The highest BCUT2D eigenvalue weighted by molar-refractivity contribution is 5.80. The van der Waals surface area contributed by atoms with Crippen molar-refractivity contribution in [1.82, 2.24) is 5.32 Å². The van der Waals surface area contributed by atoms with E-state index in [1.807, 2.05) is 31.2 Å². The molecule has 2 aromatic carbocycles. The van der Waals surface area contributed by atoms with Crippen molar-refractivity contribution in [2.45, 2.75) is 19.8 Å². The van der Waals surface area contributed by atoms with E-state index in [9.17, 15) is 9.59 Å². The average Bonchev–Trinajstić information content (AvgIpc) is 2.80. The van der Waals surface area contributed by atoms with Crippen LogP contribution in [0, 0.1) is 0 Å². The van der Waals surface area contributed by atoms with Gasteiger partial charge >= 0.3 is 5.97 Å². The fraction of sp³-hybridized carbons (Fsp3) is 0.391. The Morgan fingerprint density at radius 1 is 0.903 bits per heavy atom. The van der Waals surface area contributed by atoms with Gasteiger partial charge in [0.2, 0.25) is 0 Å². The second-order valence-corrected chi connectivity index (χ2v) is 6.45. The number of methoxy groups -OCH3 is 2. The Kier molecular flexibility index (Phi) is 10.0. The summed E-state index contributed by atoms with van der Waals surface area (Å²) in [5.41, 5.74) is 0.908. The van der Waals surface area contributed by atoms with Crippen molar-refractivity contribution >= 4 is 11.9 Å². The topological polar surface area (TPSA) is 92.3 Å². The number of hydrogen-bond donors (Lipinski definition) is 1. The molecule has 168 valence electrons. The molecule has 31 heavy (non-hydrogen) atoms. The van der Waals surface area contributed by atoms with Crippen molar-refractivity contribution in [2.75, 3.05) is 40.6 Å². The Morgan fingerprint density at radius 3 is 2.23 bits per heavy atom. The monoisotopic (exact) mass is 431 g/mol. The van der Waals surface area contributed by atoms with Crippen LogP contribution >= 0.6 is 0 Å². The van der Waals surface area contributed by atoms with Crippen LogP contribution in [0.4, 0.5) is 0 Å². The minimum absolute atomic E-state index is 0.156. The summed E-state index contributed by atoms with van der Waals surface area (Å²) in [4.78, 5) is 23.7. The fourth-order valence-electron chi connectivity index (χ4n) is 2.71. The molecule has 2 aromatic rings. The Labute approximate surface area is 182 Å². The van der Waals surface area contributed by atoms with E-state index >= 15 is 0 Å². The summed E-state index contributed by atoms with van der Waals surface area (Å²) in [7, 11) is 3.11. The number of carbonyl (C=O) groups is 2. The minimum Gasteiger partial charge on any atom is -0.494 e. The Bertz CT molecular complexity index is 836. The third-order valence-corrected chi connectivity index (χ3v) is 4.26. The zero-order valence-electron chi connectivity index (χ0n) is 18.1. The molecule has 0 spiro atoms. The van der Waals surface area contributed by atoms with Crippen molar-refractivity contribution in [2.24, 2.45) is 0 Å². The number of esters is 1. The minimum atomic E-state index is -0.449. The highest BCUT2D eigenvalue weighted by atomic mass is 16.5. The van der Waals surface area contributed by atoms with E-state index in [0.29, 0.717) is 43.4 Å². The summed E-state index contributed by atoms with van der Waals surface area (Å²) in [6, 6.07) is 12.7. The summed E-state index contributed by atoms with van der Waals surface area (Å²) in [6.07, 6.45) is 0.625. The van der Waals surface area contributed by atoms with E-state index in [4.69, 9.17) is 23.7 Å². The summed E-state index contributed by atoms with van der Waals surface area (Å²) in [5.74, 6) is 1.85. The van der Waals surface area contributed by atoms with Crippen LogP contribution in [0.1, 0.15) is 18.9 Å². The number of nitrogens with one attached hydrogen (secondary N) is 1. The molecule has 0 saturated carbocycles. The van der Waals surface area contributed by atoms with Gasteiger partial charge in [-0.2, -0.15) is 0 Å². The molecule has 0 aliphatic rings. The van der Waals surface area contributed by atoms with E-state index in [0.717, 1.165) is 11.3 Å². The molecular formula is C23H29NO7. The van der Waals surface area contributed by atoms with E-state index in [1.165, 1.54) is 0 Å². The SMILES string of the molecule is CCOc1ccc(OCCNC(=O)COC(=O)CCc2ccc(OC)c(OC)c2)cc1. The van der Waals surface area contributed by atoms with Gasteiger partial charge < -0.3 is 29.0 Å². The van der Waals surface area contributed by atoms with Crippen LogP contribution in [0.5, 0.6) is 23.0 Å². The summed E-state index contributed by atoms with van der Waals surface area (Å²) < 4.78 is 26.3. The normalized spacial score (nSPS) is 10.2. The van der Waals surface area contributed by atoms with Gasteiger partial charge in [-0.05, 0) is 55.3 Å². The lowest BCUT2D eigenvalue weighted by atomic mass is 10.1.